The third-order valence-electron chi connectivity index (χ3n) is 5.44. The molecule has 3 nitrogen and oxygen atoms in total. The molecule has 0 spiro atoms. The molecule has 0 aromatic rings. The van der Waals surface area contributed by atoms with E-state index in [1.54, 1.807) is 0 Å². The van der Waals surface area contributed by atoms with Crippen LogP contribution in [0.4, 0.5) is 0 Å². The minimum absolute atomic E-state index is 0.0426. The number of hydrogen-bond acceptors (Lipinski definition) is 2. The highest BCUT2D eigenvalue weighted by Gasteiger charge is 2.57. The lowest BCUT2D eigenvalue weighted by Gasteiger charge is -2.61. The molecule has 3 N–H and O–H groups in total. The molecule has 4 bridgehead atoms. The Morgan fingerprint density at radius 3 is 2.29 bits per heavy atom. The van der Waals surface area contributed by atoms with Gasteiger partial charge in [-0.05, 0) is 63.2 Å². The molecule has 2 atom stereocenters. The summed E-state index contributed by atoms with van der Waals surface area (Å²) < 4.78 is 0. The average molecular weight is 234 g/mol. The third-order valence-corrected chi connectivity index (χ3v) is 5.44. The van der Waals surface area contributed by atoms with Crippen molar-refractivity contribution in [3.63, 3.8) is 0 Å². The molecule has 94 valence electrons. The molecule has 2 unspecified atom stereocenters. The van der Waals surface area contributed by atoms with Crippen molar-refractivity contribution in [1.29, 1.82) is 0 Å². The van der Waals surface area contributed by atoms with Crippen LogP contribution in [0.25, 0.3) is 0 Å². The van der Waals surface area contributed by atoms with E-state index in [0.29, 0.717) is 11.8 Å². The zero-order chi connectivity index (χ0) is 11.7. The highest BCUT2D eigenvalue weighted by atomic mass is 16.2. The SMILES string of the molecule is NC12CC3CC(C1)CC(NC(=O)C1CC1)(C3)C2. The molecule has 5 rings (SSSR count). The van der Waals surface area contributed by atoms with Crippen molar-refractivity contribution < 1.29 is 4.79 Å². The monoisotopic (exact) mass is 234 g/mol. The minimum Gasteiger partial charge on any atom is -0.350 e. The van der Waals surface area contributed by atoms with Gasteiger partial charge in [-0.15, -0.1) is 0 Å². The van der Waals surface area contributed by atoms with Gasteiger partial charge in [0.2, 0.25) is 5.91 Å². The zero-order valence-corrected chi connectivity index (χ0v) is 10.4. The number of hydrogen-bond donors (Lipinski definition) is 2. The second-order valence-corrected chi connectivity index (χ2v) is 7.37. The lowest BCUT2D eigenvalue weighted by Crippen LogP contribution is -2.68. The van der Waals surface area contributed by atoms with Crippen molar-refractivity contribution in [2.45, 2.75) is 62.4 Å². The molecule has 3 heteroatoms. The maximum absolute atomic E-state index is 12.0. The number of carbonyl (C=O) groups is 1. The number of nitrogens with two attached hydrogens (primary N) is 1. The first-order chi connectivity index (χ1) is 8.06. The summed E-state index contributed by atoms with van der Waals surface area (Å²) in [5, 5.41) is 3.39. The first-order valence-electron chi connectivity index (χ1n) is 7.17. The fourth-order valence-corrected chi connectivity index (χ4v) is 5.19. The summed E-state index contributed by atoms with van der Waals surface area (Å²) in [7, 11) is 0. The minimum atomic E-state index is 0.0426. The van der Waals surface area contributed by atoms with Gasteiger partial charge in [-0.3, -0.25) is 4.79 Å². The molecule has 0 radical (unpaired) electrons. The van der Waals surface area contributed by atoms with Crippen molar-refractivity contribution in [2.24, 2.45) is 23.5 Å². The molecule has 5 saturated carbocycles. The normalized spacial score (nSPS) is 51.6. The maximum atomic E-state index is 12.0. The highest BCUT2D eigenvalue weighted by molar-refractivity contribution is 5.81. The van der Waals surface area contributed by atoms with E-state index < -0.39 is 0 Å². The van der Waals surface area contributed by atoms with Crippen LogP contribution in [-0.2, 0) is 4.79 Å². The van der Waals surface area contributed by atoms with Gasteiger partial charge in [0, 0.05) is 17.0 Å². The molecule has 5 aliphatic carbocycles. The molecule has 0 aromatic heterocycles. The Balaban J connectivity index is 1.58. The van der Waals surface area contributed by atoms with Crippen LogP contribution >= 0.6 is 0 Å². The van der Waals surface area contributed by atoms with E-state index in [0.717, 1.165) is 31.1 Å². The summed E-state index contributed by atoms with van der Waals surface area (Å²) in [6, 6.07) is 0. The van der Waals surface area contributed by atoms with Gasteiger partial charge in [0.05, 0.1) is 0 Å². The number of carbonyl (C=O) groups excluding carboxylic acids is 1. The third kappa shape index (κ3) is 1.62. The van der Waals surface area contributed by atoms with Gasteiger partial charge in [0.25, 0.3) is 0 Å². The van der Waals surface area contributed by atoms with Crippen LogP contribution in [-0.4, -0.2) is 17.0 Å². The van der Waals surface area contributed by atoms with E-state index in [9.17, 15) is 4.79 Å². The lowest BCUT2D eigenvalue weighted by atomic mass is 9.50. The van der Waals surface area contributed by atoms with Crippen LogP contribution in [0, 0.1) is 17.8 Å². The number of nitrogens with one attached hydrogen (secondary N) is 1. The lowest BCUT2D eigenvalue weighted by molar-refractivity contribution is -0.128. The van der Waals surface area contributed by atoms with E-state index >= 15 is 0 Å². The maximum Gasteiger partial charge on any atom is 0.223 e. The summed E-state index contributed by atoms with van der Waals surface area (Å²) in [6.07, 6.45) is 9.38. The van der Waals surface area contributed by atoms with Gasteiger partial charge in [0.15, 0.2) is 0 Å². The largest absolute Gasteiger partial charge is 0.350 e. The Kier molecular flexibility index (Phi) is 1.86. The fourth-order valence-electron chi connectivity index (χ4n) is 5.19. The van der Waals surface area contributed by atoms with Crippen molar-refractivity contribution in [3.8, 4) is 0 Å². The smallest absolute Gasteiger partial charge is 0.223 e. The Bertz CT molecular complexity index is 360. The molecule has 0 aliphatic heterocycles. The molecular weight excluding hydrogens is 212 g/mol. The van der Waals surface area contributed by atoms with Crippen LogP contribution in [0.2, 0.25) is 0 Å². The topological polar surface area (TPSA) is 55.1 Å². The molecule has 1 amide bonds. The first-order valence-corrected chi connectivity index (χ1v) is 7.17. The van der Waals surface area contributed by atoms with E-state index in [4.69, 9.17) is 5.73 Å². The Labute approximate surface area is 103 Å². The van der Waals surface area contributed by atoms with Crippen LogP contribution in [0.5, 0.6) is 0 Å². The number of rotatable bonds is 2. The van der Waals surface area contributed by atoms with E-state index in [-0.39, 0.29) is 11.1 Å². The Morgan fingerprint density at radius 1 is 1.12 bits per heavy atom. The molecule has 0 aromatic carbocycles. The molecule has 0 saturated heterocycles. The van der Waals surface area contributed by atoms with Gasteiger partial charge in [-0.2, -0.15) is 0 Å². The zero-order valence-electron chi connectivity index (χ0n) is 10.4. The van der Waals surface area contributed by atoms with Crippen LogP contribution in [0.3, 0.4) is 0 Å². The summed E-state index contributed by atoms with van der Waals surface area (Å²) in [6.45, 7) is 0. The summed E-state index contributed by atoms with van der Waals surface area (Å²) in [5.41, 5.74) is 6.65. The Hall–Kier alpha value is -0.570. The van der Waals surface area contributed by atoms with Gasteiger partial charge in [-0.1, -0.05) is 0 Å². The predicted octanol–water partition coefficient (Wildman–Crippen LogP) is 1.56. The van der Waals surface area contributed by atoms with Crippen molar-refractivity contribution in [3.05, 3.63) is 0 Å². The Morgan fingerprint density at radius 2 is 1.76 bits per heavy atom. The van der Waals surface area contributed by atoms with Gasteiger partial charge >= 0.3 is 0 Å². The fraction of sp³-hybridized carbons (Fsp3) is 0.929. The van der Waals surface area contributed by atoms with E-state index in [1.807, 2.05) is 0 Å². The van der Waals surface area contributed by atoms with E-state index in [2.05, 4.69) is 5.32 Å². The standard InChI is InChI=1S/C14H22N2O/c15-13-4-9-3-10(5-13)7-14(6-9,8-13)16-12(17)11-1-2-11/h9-11H,1-8,15H2,(H,16,17). The van der Waals surface area contributed by atoms with E-state index in [1.165, 1.54) is 32.1 Å². The van der Waals surface area contributed by atoms with Crippen molar-refractivity contribution >= 4 is 5.91 Å². The summed E-state index contributed by atoms with van der Waals surface area (Å²) in [5.74, 6) is 2.20. The van der Waals surface area contributed by atoms with Gasteiger partial charge in [0.1, 0.15) is 0 Å². The van der Waals surface area contributed by atoms with Crippen molar-refractivity contribution in [1.82, 2.24) is 5.32 Å². The van der Waals surface area contributed by atoms with Crippen LogP contribution in [0.15, 0.2) is 0 Å². The van der Waals surface area contributed by atoms with Crippen LogP contribution in [0.1, 0.15) is 51.4 Å². The quantitative estimate of drug-likeness (QED) is 0.762. The summed E-state index contributed by atoms with van der Waals surface area (Å²) >= 11 is 0. The molecule has 5 fully saturated rings. The second-order valence-electron chi connectivity index (χ2n) is 7.37. The predicted molar refractivity (Wildman–Crippen MR) is 65.2 cm³/mol. The van der Waals surface area contributed by atoms with Gasteiger partial charge < -0.3 is 11.1 Å². The molecule has 17 heavy (non-hydrogen) atoms. The average Bonchev–Trinajstić information content (AvgIpc) is 2.93. The molecule has 5 aliphatic rings. The second kappa shape index (κ2) is 3.05. The number of amides is 1. The molecule has 0 heterocycles. The first kappa shape index (κ1) is 10.4. The van der Waals surface area contributed by atoms with Crippen molar-refractivity contribution in [2.75, 3.05) is 0 Å². The summed E-state index contributed by atoms with van der Waals surface area (Å²) in [4.78, 5) is 12.0. The van der Waals surface area contributed by atoms with Gasteiger partial charge in [-0.25, -0.2) is 0 Å². The van der Waals surface area contributed by atoms with Crippen LogP contribution < -0.4 is 11.1 Å². The molecular formula is C14H22N2O. The highest BCUT2D eigenvalue weighted by Crippen LogP contribution is 2.56.